The van der Waals surface area contributed by atoms with E-state index in [2.05, 4.69) is 18.7 Å². The minimum absolute atomic E-state index is 0.0223. The van der Waals surface area contributed by atoms with E-state index in [1.165, 1.54) is 0 Å². The van der Waals surface area contributed by atoms with E-state index in [0.29, 0.717) is 6.61 Å². The number of halogens is 2. The van der Waals surface area contributed by atoms with Crippen LogP contribution in [0.1, 0.15) is 25.0 Å². The number of anilines is 1. The SMILES string of the molecule is CCc1cccc(C)c1N(C(=O)CCl)C(C)COC.NC(=O)CCl. The Labute approximate surface area is 154 Å². The fourth-order valence-electron chi connectivity index (χ4n) is 2.32. The summed E-state index contributed by atoms with van der Waals surface area (Å²) in [6, 6.07) is 6.05. The normalized spacial score (nSPS) is 11.2. The van der Waals surface area contributed by atoms with Gasteiger partial charge in [-0.1, -0.05) is 25.1 Å². The molecule has 0 saturated heterocycles. The second-order valence-corrected chi connectivity index (χ2v) is 5.77. The molecule has 0 aliphatic rings. The minimum Gasteiger partial charge on any atom is -0.383 e. The Morgan fingerprint density at radius 2 is 1.88 bits per heavy atom. The van der Waals surface area contributed by atoms with Gasteiger partial charge in [-0.25, -0.2) is 0 Å². The molecule has 0 heterocycles. The average Bonchev–Trinajstić information content (AvgIpc) is 2.56. The quantitative estimate of drug-likeness (QED) is 0.743. The van der Waals surface area contributed by atoms with Crippen LogP contribution in [-0.4, -0.2) is 43.3 Å². The zero-order valence-electron chi connectivity index (χ0n) is 14.6. The van der Waals surface area contributed by atoms with Crippen LogP contribution in [0.2, 0.25) is 0 Å². The minimum atomic E-state index is -0.480. The lowest BCUT2D eigenvalue weighted by Crippen LogP contribution is -2.43. The maximum Gasteiger partial charge on any atom is 0.242 e. The first kappa shape index (κ1) is 22.7. The van der Waals surface area contributed by atoms with Crippen LogP contribution in [0.5, 0.6) is 0 Å². The summed E-state index contributed by atoms with van der Waals surface area (Å²) in [7, 11) is 1.64. The van der Waals surface area contributed by atoms with Crippen LogP contribution in [0.4, 0.5) is 5.69 Å². The zero-order valence-corrected chi connectivity index (χ0v) is 16.2. The van der Waals surface area contributed by atoms with Crippen molar-refractivity contribution in [1.82, 2.24) is 0 Å². The molecule has 0 aliphatic heterocycles. The Morgan fingerprint density at radius 1 is 1.29 bits per heavy atom. The highest BCUT2D eigenvalue weighted by Gasteiger charge is 2.24. The van der Waals surface area contributed by atoms with Crippen LogP contribution in [-0.2, 0) is 20.7 Å². The van der Waals surface area contributed by atoms with E-state index >= 15 is 0 Å². The highest BCUT2D eigenvalue weighted by molar-refractivity contribution is 6.29. The molecule has 24 heavy (non-hydrogen) atoms. The van der Waals surface area contributed by atoms with Gasteiger partial charge in [0.25, 0.3) is 0 Å². The van der Waals surface area contributed by atoms with Crippen molar-refractivity contribution in [2.45, 2.75) is 33.2 Å². The highest BCUT2D eigenvalue weighted by atomic mass is 35.5. The molecule has 0 radical (unpaired) electrons. The number of rotatable bonds is 7. The Bertz CT molecular complexity index is 539. The van der Waals surface area contributed by atoms with Crippen molar-refractivity contribution in [3.05, 3.63) is 29.3 Å². The third-order valence-corrected chi connectivity index (χ3v) is 3.80. The van der Waals surface area contributed by atoms with Crippen LogP contribution >= 0.6 is 23.2 Å². The van der Waals surface area contributed by atoms with Gasteiger partial charge in [0.1, 0.15) is 11.8 Å². The molecule has 1 atom stereocenters. The molecule has 1 aromatic rings. The van der Waals surface area contributed by atoms with Gasteiger partial charge in [-0.2, -0.15) is 0 Å². The summed E-state index contributed by atoms with van der Waals surface area (Å²) in [4.78, 5) is 23.4. The van der Waals surface area contributed by atoms with Crippen molar-refractivity contribution < 1.29 is 14.3 Å². The standard InChI is InChI=1S/C15H22ClNO2.C2H4ClNO/c1-5-13-8-6-7-11(2)15(13)17(14(18)9-16)12(3)10-19-4;3-1-2(4)5/h6-8,12H,5,9-10H2,1-4H3;1H2,(H2,4,5). The lowest BCUT2D eigenvalue weighted by atomic mass is 10.0. The molecule has 136 valence electrons. The summed E-state index contributed by atoms with van der Waals surface area (Å²) >= 11 is 10.6. The van der Waals surface area contributed by atoms with Gasteiger partial charge in [0, 0.05) is 7.11 Å². The van der Waals surface area contributed by atoms with Crippen molar-refractivity contribution in [1.29, 1.82) is 0 Å². The number of alkyl halides is 2. The van der Waals surface area contributed by atoms with Gasteiger partial charge < -0.3 is 15.4 Å². The van der Waals surface area contributed by atoms with Crippen LogP contribution in [0.3, 0.4) is 0 Å². The van der Waals surface area contributed by atoms with Crippen molar-refractivity contribution in [3.8, 4) is 0 Å². The van der Waals surface area contributed by atoms with Gasteiger partial charge in [0.05, 0.1) is 18.3 Å². The number of aryl methyl sites for hydroxylation is 2. The third kappa shape index (κ3) is 7.07. The van der Waals surface area contributed by atoms with Gasteiger partial charge in [-0.3, -0.25) is 9.59 Å². The Balaban J connectivity index is 0.000000922. The van der Waals surface area contributed by atoms with E-state index < -0.39 is 5.91 Å². The zero-order chi connectivity index (χ0) is 18.7. The number of carbonyl (C=O) groups is 2. The number of nitrogens with zero attached hydrogens (tertiary/aromatic N) is 1. The molecule has 0 spiro atoms. The van der Waals surface area contributed by atoms with Gasteiger partial charge >= 0.3 is 0 Å². The van der Waals surface area contributed by atoms with Crippen LogP contribution in [0.15, 0.2) is 18.2 Å². The molecule has 0 saturated carbocycles. The van der Waals surface area contributed by atoms with Crippen molar-refractivity contribution >= 4 is 40.7 Å². The average molecular weight is 377 g/mol. The molecule has 1 aromatic carbocycles. The molecule has 1 rings (SSSR count). The van der Waals surface area contributed by atoms with Crippen LogP contribution < -0.4 is 10.6 Å². The summed E-state index contributed by atoms with van der Waals surface area (Å²) in [5.74, 6) is -0.673. The maximum absolute atomic E-state index is 12.2. The van der Waals surface area contributed by atoms with E-state index in [1.54, 1.807) is 12.0 Å². The molecule has 5 nitrogen and oxygen atoms in total. The van der Waals surface area contributed by atoms with Crippen molar-refractivity contribution in [3.63, 3.8) is 0 Å². The lowest BCUT2D eigenvalue weighted by Gasteiger charge is -2.31. The van der Waals surface area contributed by atoms with Gasteiger partial charge in [-0.15, -0.1) is 23.2 Å². The molecule has 0 bridgehead atoms. The summed E-state index contributed by atoms with van der Waals surface area (Å²) in [5, 5.41) is 0. The van der Waals surface area contributed by atoms with Crippen LogP contribution in [0.25, 0.3) is 0 Å². The number of benzene rings is 1. The molecule has 2 amide bonds. The molecule has 7 heteroatoms. The second kappa shape index (κ2) is 12.1. The van der Waals surface area contributed by atoms with Crippen LogP contribution in [0, 0.1) is 6.92 Å². The van der Waals surface area contributed by atoms with Crippen molar-refractivity contribution in [2.75, 3.05) is 30.4 Å². The van der Waals surface area contributed by atoms with E-state index in [9.17, 15) is 9.59 Å². The number of carbonyl (C=O) groups excluding carboxylic acids is 2. The molecular weight excluding hydrogens is 351 g/mol. The second-order valence-electron chi connectivity index (χ2n) is 5.24. The van der Waals surface area contributed by atoms with Gasteiger partial charge in [0.15, 0.2) is 0 Å². The Kier molecular flexibility index (Phi) is 11.5. The number of methoxy groups -OCH3 is 1. The first-order valence-electron chi connectivity index (χ1n) is 7.63. The molecule has 1 unspecified atom stereocenters. The lowest BCUT2D eigenvalue weighted by molar-refractivity contribution is -0.117. The van der Waals surface area contributed by atoms with E-state index in [0.717, 1.165) is 23.2 Å². The number of nitrogens with two attached hydrogens (primary N) is 1. The predicted octanol–water partition coefficient (Wildman–Crippen LogP) is 2.87. The molecule has 0 aliphatic carbocycles. The number of hydrogen-bond acceptors (Lipinski definition) is 3. The summed E-state index contributed by atoms with van der Waals surface area (Å²) in [6.45, 7) is 6.56. The fourth-order valence-corrected chi connectivity index (χ4v) is 2.45. The van der Waals surface area contributed by atoms with Gasteiger partial charge in [-0.05, 0) is 31.4 Å². The first-order valence-corrected chi connectivity index (χ1v) is 8.70. The molecular formula is C17H26Cl2N2O3. The molecule has 0 fully saturated rings. The predicted molar refractivity (Wildman–Crippen MR) is 100 cm³/mol. The summed E-state index contributed by atoms with van der Waals surface area (Å²) in [5.41, 5.74) is 7.73. The molecule has 2 N–H and O–H groups in total. The number of primary amides is 1. The third-order valence-electron chi connectivity index (χ3n) is 3.31. The number of para-hydroxylation sites is 1. The number of amides is 2. The topological polar surface area (TPSA) is 72.6 Å². The first-order chi connectivity index (χ1) is 11.3. The largest absolute Gasteiger partial charge is 0.383 e. The van der Waals surface area contributed by atoms with Gasteiger partial charge in [0.2, 0.25) is 11.8 Å². The smallest absolute Gasteiger partial charge is 0.242 e. The van der Waals surface area contributed by atoms with E-state index in [-0.39, 0.29) is 23.7 Å². The Morgan fingerprint density at radius 3 is 2.29 bits per heavy atom. The maximum atomic E-state index is 12.2. The highest BCUT2D eigenvalue weighted by Crippen LogP contribution is 2.28. The van der Waals surface area contributed by atoms with Crippen molar-refractivity contribution in [2.24, 2.45) is 5.73 Å². The summed E-state index contributed by atoms with van der Waals surface area (Å²) < 4.78 is 5.18. The summed E-state index contributed by atoms with van der Waals surface area (Å²) in [6.07, 6.45) is 0.878. The van der Waals surface area contributed by atoms with E-state index in [4.69, 9.17) is 27.9 Å². The monoisotopic (exact) mass is 376 g/mol. The molecule has 0 aromatic heterocycles. The van der Waals surface area contributed by atoms with E-state index in [1.807, 2.05) is 26.0 Å². The Hall–Kier alpha value is -1.30. The number of hydrogen-bond donors (Lipinski definition) is 1. The number of ether oxygens (including phenoxy) is 1. The fraction of sp³-hybridized carbons (Fsp3) is 0.529.